The van der Waals surface area contributed by atoms with Gasteiger partial charge in [-0.2, -0.15) is 13.2 Å². The number of alkyl carbamates (subject to hydrolysis) is 1. The van der Waals surface area contributed by atoms with Crippen molar-refractivity contribution in [3.63, 3.8) is 0 Å². The molecule has 9 heteroatoms. The minimum absolute atomic E-state index is 0.0734. The summed E-state index contributed by atoms with van der Waals surface area (Å²) in [6.07, 6.45) is -2.25. The van der Waals surface area contributed by atoms with Crippen LogP contribution in [0.3, 0.4) is 0 Å². The van der Waals surface area contributed by atoms with E-state index in [2.05, 4.69) is 10.6 Å². The number of amides is 1. The topological polar surface area (TPSA) is 76.7 Å². The molecule has 34 heavy (non-hydrogen) atoms. The van der Waals surface area contributed by atoms with E-state index in [4.69, 9.17) is 9.47 Å². The Morgan fingerprint density at radius 3 is 2.35 bits per heavy atom. The largest absolute Gasteiger partial charge is 0.462 e. The average molecular weight is 479 g/mol. The first kappa shape index (κ1) is 25.4. The van der Waals surface area contributed by atoms with E-state index in [1.54, 1.807) is 6.92 Å². The predicted molar refractivity (Wildman–Crippen MR) is 121 cm³/mol. The van der Waals surface area contributed by atoms with E-state index in [0.717, 1.165) is 30.5 Å². The summed E-state index contributed by atoms with van der Waals surface area (Å²) < 4.78 is 50.6. The lowest BCUT2D eigenvalue weighted by Crippen LogP contribution is -2.34. The molecule has 2 aromatic rings. The molecule has 0 spiro atoms. The Balaban J connectivity index is 1.50. The standard InChI is InChI=1S/C25H29F3N2O4/c1-2-33-23(31)19-10-13-21(25(26,27)28)22(14-19)30-20-11-8-17(9-12-20)15-29-24(32)34-16-18-6-4-3-5-7-18/h3-7,10,13-14,17,20,30H,2,8-9,11-12,15-16H2,1H3,(H,29,32)/t17-,20-. The number of anilines is 1. The zero-order valence-corrected chi connectivity index (χ0v) is 19.0. The van der Waals surface area contributed by atoms with Gasteiger partial charge in [-0.05, 0) is 62.3 Å². The normalized spacial score (nSPS) is 18.1. The molecule has 0 aliphatic heterocycles. The van der Waals surface area contributed by atoms with E-state index in [9.17, 15) is 22.8 Å². The third-order valence-corrected chi connectivity index (χ3v) is 5.79. The molecule has 1 aliphatic rings. The maximum Gasteiger partial charge on any atom is 0.418 e. The first-order chi connectivity index (χ1) is 16.3. The van der Waals surface area contributed by atoms with Crippen LogP contribution >= 0.6 is 0 Å². The highest BCUT2D eigenvalue weighted by Crippen LogP contribution is 2.37. The molecule has 0 aromatic heterocycles. The number of alkyl halides is 3. The Morgan fingerprint density at radius 1 is 1.00 bits per heavy atom. The molecular weight excluding hydrogens is 449 g/mol. The molecule has 6 nitrogen and oxygen atoms in total. The molecule has 0 bridgehead atoms. The van der Waals surface area contributed by atoms with Gasteiger partial charge in [0.15, 0.2) is 0 Å². The number of carbonyl (C=O) groups is 2. The van der Waals surface area contributed by atoms with Crippen LogP contribution in [0.4, 0.5) is 23.7 Å². The van der Waals surface area contributed by atoms with E-state index in [1.165, 1.54) is 6.07 Å². The molecule has 1 fully saturated rings. The number of nitrogens with one attached hydrogen (secondary N) is 2. The summed E-state index contributed by atoms with van der Waals surface area (Å²) in [5.41, 5.74) is 0.0355. The van der Waals surface area contributed by atoms with E-state index in [-0.39, 0.29) is 36.4 Å². The van der Waals surface area contributed by atoms with Crippen LogP contribution < -0.4 is 10.6 Å². The van der Waals surface area contributed by atoms with Crippen molar-refractivity contribution in [2.75, 3.05) is 18.5 Å². The highest BCUT2D eigenvalue weighted by atomic mass is 19.4. The molecule has 184 valence electrons. The molecule has 1 saturated carbocycles. The van der Waals surface area contributed by atoms with Gasteiger partial charge in [0.25, 0.3) is 0 Å². The Kier molecular flexibility index (Phi) is 8.79. The van der Waals surface area contributed by atoms with Gasteiger partial charge in [0.1, 0.15) is 6.61 Å². The van der Waals surface area contributed by atoms with Gasteiger partial charge in [-0.15, -0.1) is 0 Å². The van der Waals surface area contributed by atoms with Crippen molar-refractivity contribution in [3.8, 4) is 0 Å². The molecule has 1 amide bonds. The van der Waals surface area contributed by atoms with Crippen molar-refractivity contribution in [2.24, 2.45) is 5.92 Å². The van der Waals surface area contributed by atoms with E-state index < -0.39 is 23.8 Å². The highest BCUT2D eigenvalue weighted by Gasteiger charge is 2.35. The average Bonchev–Trinajstić information content (AvgIpc) is 2.82. The lowest BCUT2D eigenvalue weighted by molar-refractivity contribution is -0.137. The highest BCUT2D eigenvalue weighted by molar-refractivity contribution is 5.91. The number of esters is 1. The summed E-state index contributed by atoms with van der Waals surface area (Å²) in [5, 5.41) is 5.74. The number of rotatable bonds is 8. The van der Waals surface area contributed by atoms with Crippen LogP contribution in [-0.2, 0) is 22.3 Å². The van der Waals surface area contributed by atoms with Crippen molar-refractivity contribution in [1.29, 1.82) is 0 Å². The zero-order chi connectivity index (χ0) is 24.6. The van der Waals surface area contributed by atoms with Crippen LogP contribution in [0.2, 0.25) is 0 Å². The van der Waals surface area contributed by atoms with E-state index in [1.807, 2.05) is 30.3 Å². The number of carbonyl (C=O) groups excluding carboxylic acids is 2. The summed E-state index contributed by atoms with van der Waals surface area (Å²) in [7, 11) is 0. The Bertz CT molecular complexity index is 958. The van der Waals surface area contributed by atoms with Crippen LogP contribution in [-0.4, -0.2) is 31.3 Å². The lowest BCUT2D eigenvalue weighted by Gasteiger charge is -2.30. The predicted octanol–water partition coefficient (Wildman–Crippen LogP) is 5.78. The number of benzene rings is 2. The molecule has 0 saturated heterocycles. The minimum atomic E-state index is -4.54. The van der Waals surface area contributed by atoms with Gasteiger partial charge in [-0.25, -0.2) is 9.59 Å². The van der Waals surface area contributed by atoms with E-state index >= 15 is 0 Å². The van der Waals surface area contributed by atoms with Crippen LogP contribution in [0.5, 0.6) is 0 Å². The molecule has 1 aliphatic carbocycles. The zero-order valence-electron chi connectivity index (χ0n) is 19.0. The number of ether oxygens (including phenoxy) is 2. The van der Waals surface area contributed by atoms with Crippen LogP contribution in [0, 0.1) is 5.92 Å². The smallest absolute Gasteiger partial charge is 0.418 e. The Labute approximate surface area is 196 Å². The van der Waals surface area contributed by atoms with Gasteiger partial charge in [0.2, 0.25) is 0 Å². The van der Waals surface area contributed by atoms with Crippen molar-refractivity contribution < 1.29 is 32.2 Å². The quantitative estimate of drug-likeness (QED) is 0.471. The van der Waals surface area contributed by atoms with Crippen LogP contribution in [0.15, 0.2) is 48.5 Å². The Hall–Kier alpha value is -3.23. The molecular formula is C25H29F3N2O4. The molecule has 0 heterocycles. The van der Waals surface area contributed by atoms with Crippen molar-refractivity contribution in [2.45, 2.75) is 51.4 Å². The van der Waals surface area contributed by atoms with Crippen molar-refractivity contribution >= 4 is 17.7 Å². The molecule has 0 atom stereocenters. The number of hydrogen-bond acceptors (Lipinski definition) is 5. The second-order valence-corrected chi connectivity index (χ2v) is 8.28. The SMILES string of the molecule is CCOC(=O)c1ccc(C(F)(F)F)c(N[C@H]2CC[C@H](CNC(=O)OCc3ccccc3)CC2)c1. The van der Waals surface area contributed by atoms with Gasteiger partial charge >= 0.3 is 18.2 Å². The number of hydrogen-bond donors (Lipinski definition) is 2. The van der Waals surface area contributed by atoms with Gasteiger partial charge < -0.3 is 20.1 Å². The fourth-order valence-corrected chi connectivity index (χ4v) is 3.98. The summed E-state index contributed by atoms with van der Waals surface area (Å²) in [6.45, 7) is 2.42. The second-order valence-electron chi connectivity index (χ2n) is 8.28. The maximum absolute atomic E-state index is 13.5. The second kappa shape index (κ2) is 11.8. The van der Waals surface area contributed by atoms with Crippen molar-refractivity contribution in [3.05, 3.63) is 65.2 Å². The summed E-state index contributed by atoms with van der Waals surface area (Å²) in [6, 6.07) is 12.4. The molecule has 0 radical (unpaired) electrons. The summed E-state index contributed by atoms with van der Waals surface area (Å²) >= 11 is 0. The Morgan fingerprint density at radius 2 is 1.71 bits per heavy atom. The van der Waals surface area contributed by atoms with Gasteiger partial charge in [-0.3, -0.25) is 0 Å². The first-order valence-electron chi connectivity index (χ1n) is 11.4. The lowest BCUT2D eigenvalue weighted by atomic mass is 9.85. The maximum atomic E-state index is 13.5. The fourth-order valence-electron chi connectivity index (χ4n) is 3.98. The number of halogens is 3. The first-order valence-corrected chi connectivity index (χ1v) is 11.4. The fraction of sp³-hybridized carbons (Fsp3) is 0.440. The van der Waals surface area contributed by atoms with Crippen molar-refractivity contribution in [1.82, 2.24) is 5.32 Å². The monoisotopic (exact) mass is 478 g/mol. The molecule has 2 aromatic carbocycles. The van der Waals surface area contributed by atoms with Crippen LogP contribution in [0.25, 0.3) is 0 Å². The molecule has 0 unspecified atom stereocenters. The van der Waals surface area contributed by atoms with E-state index in [0.29, 0.717) is 19.4 Å². The third-order valence-electron chi connectivity index (χ3n) is 5.79. The summed E-state index contributed by atoms with van der Waals surface area (Å²) in [5.74, 6) is -0.441. The third kappa shape index (κ3) is 7.40. The minimum Gasteiger partial charge on any atom is -0.462 e. The molecule has 2 N–H and O–H groups in total. The van der Waals surface area contributed by atoms with Crippen LogP contribution in [0.1, 0.15) is 54.1 Å². The molecule has 3 rings (SSSR count). The van der Waals surface area contributed by atoms with Gasteiger partial charge in [0.05, 0.1) is 17.7 Å². The van der Waals surface area contributed by atoms with Gasteiger partial charge in [-0.1, -0.05) is 30.3 Å². The summed E-state index contributed by atoms with van der Waals surface area (Å²) in [4.78, 5) is 23.9. The van der Waals surface area contributed by atoms with Gasteiger partial charge in [0, 0.05) is 18.3 Å².